The Labute approximate surface area is 202 Å². The van der Waals surface area contributed by atoms with E-state index in [9.17, 15) is 14.7 Å². The van der Waals surface area contributed by atoms with Gasteiger partial charge in [0.25, 0.3) is 5.91 Å². The molecule has 1 unspecified atom stereocenters. The van der Waals surface area contributed by atoms with Crippen LogP contribution in [0.3, 0.4) is 0 Å². The Balaban J connectivity index is 1.73. The van der Waals surface area contributed by atoms with Crippen molar-refractivity contribution in [2.75, 3.05) is 13.7 Å². The van der Waals surface area contributed by atoms with Crippen LogP contribution in [0.15, 0.2) is 69.9 Å². The summed E-state index contributed by atoms with van der Waals surface area (Å²) in [4.78, 5) is 28.3. The highest BCUT2D eigenvalue weighted by atomic mass is 32.1. The van der Waals surface area contributed by atoms with Crippen LogP contribution in [0.4, 0.5) is 0 Å². The lowest BCUT2D eigenvalue weighted by molar-refractivity contribution is -0.130. The third-order valence-electron chi connectivity index (χ3n) is 5.66. The first-order valence-corrected chi connectivity index (χ1v) is 11.9. The zero-order valence-corrected chi connectivity index (χ0v) is 20.1. The van der Waals surface area contributed by atoms with Gasteiger partial charge in [0.15, 0.2) is 17.3 Å². The van der Waals surface area contributed by atoms with Crippen molar-refractivity contribution in [1.82, 2.24) is 4.90 Å². The average Bonchev–Trinajstić information content (AvgIpc) is 3.58. The van der Waals surface area contributed by atoms with Gasteiger partial charge < -0.3 is 23.9 Å². The van der Waals surface area contributed by atoms with E-state index in [0.29, 0.717) is 40.2 Å². The summed E-state index contributed by atoms with van der Waals surface area (Å²) in [7, 11) is 1.54. The Morgan fingerprint density at radius 1 is 1.21 bits per heavy atom. The molecule has 2 aromatic heterocycles. The van der Waals surface area contributed by atoms with Gasteiger partial charge in [0.1, 0.15) is 5.76 Å². The topological polar surface area (TPSA) is 89.2 Å². The molecule has 3 heterocycles. The number of rotatable bonds is 10. The summed E-state index contributed by atoms with van der Waals surface area (Å²) in [6.07, 6.45) is 2.41. The predicted molar refractivity (Wildman–Crippen MR) is 128 cm³/mol. The number of benzene rings is 1. The molecule has 0 saturated heterocycles. The van der Waals surface area contributed by atoms with Gasteiger partial charge in [-0.15, -0.1) is 11.3 Å². The number of hydrogen-bond donors (Lipinski definition) is 1. The number of Topliss-reactive ketones (excluding diaryl/α,β-unsaturated/α-hetero) is 1. The third kappa shape index (κ3) is 4.72. The smallest absolute Gasteiger partial charge is 0.290 e. The fourth-order valence-corrected chi connectivity index (χ4v) is 4.56. The lowest BCUT2D eigenvalue weighted by Gasteiger charge is -2.26. The quantitative estimate of drug-likeness (QED) is 0.382. The maximum Gasteiger partial charge on any atom is 0.290 e. The summed E-state index contributed by atoms with van der Waals surface area (Å²) >= 11 is 1.26. The number of aliphatic hydroxyl groups is 1. The van der Waals surface area contributed by atoms with Crippen molar-refractivity contribution in [3.05, 3.63) is 81.6 Å². The largest absolute Gasteiger partial charge is 0.503 e. The first kappa shape index (κ1) is 23.6. The lowest BCUT2D eigenvalue weighted by Crippen LogP contribution is -2.30. The molecule has 1 aliphatic heterocycles. The number of methoxy groups -OCH3 is 1. The van der Waals surface area contributed by atoms with Crippen molar-refractivity contribution in [2.45, 2.75) is 32.9 Å². The summed E-state index contributed by atoms with van der Waals surface area (Å²) in [5, 5.41) is 12.6. The summed E-state index contributed by atoms with van der Waals surface area (Å²) in [5.74, 6) is 0.544. The molecule has 0 aliphatic carbocycles. The highest BCUT2D eigenvalue weighted by Gasteiger charge is 2.44. The van der Waals surface area contributed by atoms with Crippen LogP contribution in [0, 0.1) is 5.92 Å². The summed E-state index contributed by atoms with van der Waals surface area (Å²) in [6, 6.07) is 11.4. The van der Waals surface area contributed by atoms with Crippen molar-refractivity contribution in [2.24, 2.45) is 5.92 Å². The maximum atomic E-state index is 13.4. The van der Waals surface area contributed by atoms with Crippen molar-refractivity contribution in [1.29, 1.82) is 0 Å². The molecule has 178 valence electrons. The fourth-order valence-electron chi connectivity index (χ4n) is 3.88. The van der Waals surface area contributed by atoms with E-state index in [1.54, 1.807) is 55.0 Å². The highest BCUT2D eigenvalue weighted by Crippen LogP contribution is 2.42. The van der Waals surface area contributed by atoms with Crippen LogP contribution < -0.4 is 9.47 Å². The van der Waals surface area contributed by atoms with E-state index in [2.05, 4.69) is 13.8 Å². The maximum absolute atomic E-state index is 13.4. The number of carbonyl (C=O) groups excluding carboxylic acids is 2. The summed E-state index contributed by atoms with van der Waals surface area (Å²) in [5.41, 5.74) is 0.659. The van der Waals surface area contributed by atoms with Crippen LogP contribution in [0.1, 0.15) is 47.3 Å². The number of amides is 1. The molecule has 0 radical (unpaired) electrons. The second kappa shape index (κ2) is 10.2. The van der Waals surface area contributed by atoms with Crippen LogP contribution in [-0.4, -0.2) is 35.4 Å². The Morgan fingerprint density at radius 2 is 2.03 bits per heavy atom. The molecule has 0 saturated carbocycles. The third-order valence-corrected chi connectivity index (χ3v) is 6.52. The number of nitrogens with zero attached hydrogens (tertiary/aromatic N) is 1. The Bertz CT molecular complexity index is 1180. The molecule has 3 aromatic rings. The van der Waals surface area contributed by atoms with Crippen molar-refractivity contribution >= 4 is 23.0 Å². The molecule has 7 nitrogen and oxygen atoms in total. The Kier molecular flexibility index (Phi) is 7.07. The molecule has 1 atom stereocenters. The molecule has 4 rings (SSSR count). The predicted octanol–water partition coefficient (Wildman–Crippen LogP) is 5.55. The van der Waals surface area contributed by atoms with Crippen LogP contribution in [-0.2, 0) is 11.3 Å². The van der Waals surface area contributed by atoms with Gasteiger partial charge in [-0.1, -0.05) is 26.0 Å². The average molecular weight is 482 g/mol. The van der Waals surface area contributed by atoms with E-state index in [1.807, 2.05) is 0 Å². The number of ketones is 1. The van der Waals surface area contributed by atoms with Gasteiger partial charge >= 0.3 is 0 Å². The van der Waals surface area contributed by atoms with Crippen LogP contribution in [0.5, 0.6) is 11.5 Å². The molecular weight excluding hydrogens is 454 g/mol. The molecule has 1 aromatic carbocycles. The van der Waals surface area contributed by atoms with Gasteiger partial charge in [0.2, 0.25) is 5.78 Å². The summed E-state index contributed by atoms with van der Waals surface area (Å²) in [6.45, 7) is 4.89. The van der Waals surface area contributed by atoms with Crippen LogP contribution in [0.2, 0.25) is 0 Å². The molecule has 8 heteroatoms. The van der Waals surface area contributed by atoms with Crippen molar-refractivity contribution in [3.63, 3.8) is 0 Å². The zero-order chi connectivity index (χ0) is 24.2. The Hall–Kier alpha value is -3.52. The lowest BCUT2D eigenvalue weighted by atomic mass is 9.95. The number of thiophene rings is 1. The van der Waals surface area contributed by atoms with E-state index in [1.165, 1.54) is 22.5 Å². The second-order valence-electron chi connectivity index (χ2n) is 8.42. The number of furan rings is 1. The number of carbonyl (C=O) groups is 2. The van der Waals surface area contributed by atoms with Gasteiger partial charge in [-0.3, -0.25) is 9.59 Å². The molecule has 1 amide bonds. The van der Waals surface area contributed by atoms with Gasteiger partial charge in [0.05, 0.1) is 43.0 Å². The SMILES string of the molecule is COc1cc(C2C(C(=O)c3cccs3)=C(O)C(=O)N2Cc2ccco2)ccc1OCCC(C)C. The molecular formula is C26H27NO6S. The van der Waals surface area contributed by atoms with Gasteiger partial charge in [0, 0.05) is 0 Å². The van der Waals surface area contributed by atoms with E-state index in [-0.39, 0.29) is 17.9 Å². The first-order chi connectivity index (χ1) is 16.4. The molecule has 0 fully saturated rings. The monoisotopic (exact) mass is 481 g/mol. The van der Waals surface area contributed by atoms with E-state index in [4.69, 9.17) is 13.9 Å². The zero-order valence-electron chi connectivity index (χ0n) is 19.3. The Morgan fingerprint density at radius 3 is 2.68 bits per heavy atom. The number of ether oxygens (including phenoxy) is 2. The minimum Gasteiger partial charge on any atom is -0.503 e. The van der Waals surface area contributed by atoms with E-state index < -0.39 is 17.7 Å². The minimum atomic E-state index is -0.814. The standard InChI is InChI=1S/C26H27NO6S/c1-16(2)10-12-33-19-9-8-17(14-20(19)31-3)23-22(24(28)21-7-5-13-34-21)25(29)26(30)27(23)15-18-6-4-11-32-18/h4-9,11,13-14,16,23,29H,10,12,15H2,1-3H3. The van der Waals surface area contributed by atoms with Gasteiger partial charge in [-0.2, -0.15) is 0 Å². The normalized spacial score (nSPS) is 15.9. The minimum absolute atomic E-state index is 0.0366. The van der Waals surface area contributed by atoms with Crippen LogP contribution in [0.25, 0.3) is 0 Å². The van der Waals surface area contributed by atoms with Crippen LogP contribution >= 0.6 is 11.3 Å². The van der Waals surface area contributed by atoms with E-state index >= 15 is 0 Å². The number of hydrogen-bond acceptors (Lipinski definition) is 7. The number of aliphatic hydroxyl groups excluding tert-OH is 1. The van der Waals surface area contributed by atoms with Gasteiger partial charge in [-0.05, 0) is 53.6 Å². The first-order valence-electron chi connectivity index (χ1n) is 11.1. The molecule has 1 aliphatic rings. The molecule has 1 N–H and O–H groups in total. The fraction of sp³-hybridized carbons (Fsp3) is 0.308. The molecule has 0 bridgehead atoms. The second-order valence-corrected chi connectivity index (χ2v) is 9.37. The summed E-state index contributed by atoms with van der Waals surface area (Å²) < 4.78 is 16.9. The molecule has 0 spiro atoms. The highest BCUT2D eigenvalue weighted by molar-refractivity contribution is 7.12. The molecule has 34 heavy (non-hydrogen) atoms. The van der Waals surface area contributed by atoms with E-state index in [0.717, 1.165) is 6.42 Å². The van der Waals surface area contributed by atoms with Crippen molar-refractivity contribution in [3.8, 4) is 11.5 Å². The van der Waals surface area contributed by atoms with Gasteiger partial charge in [-0.25, -0.2) is 0 Å². The van der Waals surface area contributed by atoms with Crippen molar-refractivity contribution < 1.29 is 28.6 Å².